The molecule has 80 valence electrons. The topological polar surface area (TPSA) is 82.0 Å². The predicted octanol–water partition coefficient (Wildman–Crippen LogP) is 0.566. The minimum atomic E-state index is 0.572. The molecule has 0 spiro atoms. The summed E-state index contributed by atoms with van der Waals surface area (Å²) in [6, 6.07) is 3.76. The average Bonchev–Trinajstić information content (AvgIpc) is 2.73. The number of fused-ring (bicyclic) bond motifs is 1. The van der Waals surface area contributed by atoms with Crippen LogP contribution in [0.1, 0.15) is 0 Å². The summed E-state index contributed by atoms with van der Waals surface area (Å²) in [6.45, 7) is 0. The van der Waals surface area contributed by atoms with Crippen molar-refractivity contribution in [3.63, 3.8) is 0 Å². The van der Waals surface area contributed by atoms with E-state index in [1.807, 2.05) is 12.1 Å². The minimum Gasteiger partial charge on any atom is -0.385 e. The number of hydrogen-bond donors (Lipinski definition) is 1. The molecule has 0 bridgehead atoms. The number of rotatable bonds is 1. The van der Waals surface area contributed by atoms with Gasteiger partial charge in [-0.1, -0.05) is 11.8 Å². The van der Waals surface area contributed by atoms with Crippen LogP contribution < -0.4 is 5.73 Å². The highest BCUT2D eigenvalue weighted by Gasteiger charge is 2.18. The van der Waals surface area contributed by atoms with Gasteiger partial charge in [0.15, 0.2) is 5.82 Å². The number of thioether (sulfide) groups is 1. The van der Waals surface area contributed by atoms with Gasteiger partial charge in [-0.25, -0.2) is 0 Å². The first-order chi connectivity index (χ1) is 7.84. The fourth-order valence-corrected chi connectivity index (χ4v) is 2.10. The zero-order chi connectivity index (χ0) is 11.0. The van der Waals surface area contributed by atoms with Gasteiger partial charge in [-0.05, 0) is 12.1 Å². The van der Waals surface area contributed by atoms with Gasteiger partial charge in [-0.3, -0.25) is 4.98 Å². The van der Waals surface area contributed by atoms with Crippen molar-refractivity contribution < 1.29 is 0 Å². The molecular formula is C9H8N6S. The third-order valence-corrected chi connectivity index (χ3v) is 3.06. The Labute approximate surface area is 95.6 Å². The summed E-state index contributed by atoms with van der Waals surface area (Å²) in [5, 5.41) is 13.1. The Bertz CT molecular complexity index is 546. The molecule has 0 radical (unpaired) electrons. The Kier molecular flexibility index (Phi) is 2.10. The highest BCUT2D eigenvalue weighted by atomic mass is 32.2. The number of nitrogens with two attached hydrogens (primary N) is 1. The molecule has 0 atom stereocenters. The first kappa shape index (κ1) is 9.34. The van der Waals surface area contributed by atoms with E-state index in [2.05, 4.69) is 20.3 Å². The van der Waals surface area contributed by atoms with Crippen molar-refractivity contribution in [1.82, 2.24) is 19.9 Å². The molecule has 0 unspecified atom stereocenters. The number of amidine groups is 1. The average molecular weight is 232 g/mol. The van der Waals surface area contributed by atoms with Gasteiger partial charge < -0.3 is 5.73 Å². The molecule has 6 nitrogen and oxygen atoms in total. The molecule has 2 aromatic heterocycles. The van der Waals surface area contributed by atoms with E-state index in [1.54, 1.807) is 17.1 Å². The van der Waals surface area contributed by atoms with Gasteiger partial charge in [-0.15, -0.1) is 10.2 Å². The minimum absolute atomic E-state index is 0.572. The molecule has 3 heterocycles. The summed E-state index contributed by atoms with van der Waals surface area (Å²) in [7, 11) is 0. The van der Waals surface area contributed by atoms with Gasteiger partial charge in [0, 0.05) is 18.0 Å². The van der Waals surface area contributed by atoms with Crippen molar-refractivity contribution in [2.24, 2.45) is 10.8 Å². The largest absolute Gasteiger partial charge is 0.385 e. The first-order valence-corrected chi connectivity index (χ1v) is 5.65. The zero-order valence-corrected chi connectivity index (χ0v) is 9.05. The number of pyridine rings is 1. The normalized spacial score (nSPS) is 14.4. The molecular weight excluding hydrogens is 224 g/mol. The van der Waals surface area contributed by atoms with Crippen LogP contribution in [0.2, 0.25) is 0 Å². The fraction of sp³-hybridized carbons (Fsp3) is 0.111. The van der Waals surface area contributed by atoms with Crippen molar-refractivity contribution in [2.75, 3.05) is 5.75 Å². The summed E-state index contributed by atoms with van der Waals surface area (Å²) >= 11 is 1.53. The van der Waals surface area contributed by atoms with Gasteiger partial charge in [-0.2, -0.15) is 9.78 Å². The number of nitrogens with zero attached hydrogens (tertiary/aromatic N) is 5. The van der Waals surface area contributed by atoms with Gasteiger partial charge in [0.25, 0.3) is 0 Å². The summed E-state index contributed by atoms with van der Waals surface area (Å²) in [4.78, 5) is 4.04. The maximum Gasteiger partial charge on any atom is 0.212 e. The van der Waals surface area contributed by atoms with Crippen LogP contribution in [0, 0.1) is 0 Å². The van der Waals surface area contributed by atoms with Crippen LogP contribution in [0.3, 0.4) is 0 Å². The molecule has 0 aliphatic carbocycles. The van der Waals surface area contributed by atoms with Crippen LogP contribution in [0.15, 0.2) is 34.8 Å². The second-order valence-electron chi connectivity index (χ2n) is 3.24. The molecule has 0 aromatic carbocycles. The van der Waals surface area contributed by atoms with Crippen LogP contribution in [0.4, 0.5) is 0 Å². The van der Waals surface area contributed by atoms with Gasteiger partial charge in [0.05, 0.1) is 5.75 Å². The van der Waals surface area contributed by atoms with Crippen molar-refractivity contribution >= 4 is 17.6 Å². The summed E-state index contributed by atoms with van der Waals surface area (Å²) in [5.74, 6) is 1.89. The van der Waals surface area contributed by atoms with Crippen LogP contribution >= 0.6 is 11.8 Å². The molecule has 1 aliphatic rings. The molecule has 7 heteroatoms. The van der Waals surface area contributed by atoms with E-state index >= 15 is 0 Å². The molecule has 0 amide bonds. The lowest BCUT2D eigenvalue weighted by Crippen LogP contribution is -2.20. The van der Waals surface area contributed by atoms with E-state index in [1.165, 1.54) is 11.8 Å². The van der Waals surface area contributed by atoms with Crippen LogP contribution in [-0.2, 0) is 0 Å². The van der Waals surface area contributed by atoms with Crippen molar-refractivity contribution in [3.05, 3.63) is 24.5 Å². The molecule has 0 saturated heterocycles. The third kappa shape index (κ3) is 1.45. The van der Waals surface area contributed by atoms with E-state index in [9.17, 15) is 0 Å². The Morgan fingerprint density at radius 1 is 1.38 bits per heavy atom. The van der Waals surface area contributed by atoms with Gasteiger partial charge in [0.1, 0.15) is 5.84 Å². The lowest BCUT2D eigenvalue weighted by atomic mass is 10.3. The lowest BCUT2D eigenvalue weighted by molar-refractivity contribution is 0.759. The van der Waals surface area contributed by atoms with E-state index in [0.717, 1.165) is 10.7 Å². The standard InChI is InChI=1S/C9H8N6S/c10-7-5-16-9-13-12-8(15(9)14-7)6-2-1-3-11-4-6/h1-4H,5H2,(H2,10,14). The molecule has 0 fully saturated rings. The van der Waals surface area contributed by atoms with Gasteiger partial charge >= 0.3 is 0 Å². The monoisotopic (exact) mass is 232 g/mol. The van der Waals surface area contributed by atoms with Crippen molar-refractivity contribution in [3.8, 4) is 11.4 Å². The molecule has 1 aliphatic heterocycles. The lowest BCUT2D eigenvalue weighted by Gasteiger charge is -2.09. The van der Waals surface area contributed by atoms with Crippen LogP contribution in [-0.4, -0.2) is 31.4 Å². The molecule has 2 N–H and O–H groups in total. The van der Waals surface area contributed by atoms with E-state index in [4.69, 9.17) is 5.73 Å². The van der Waals surface area contributed by atoms with Crippen LogP contribution in [0.5, 0.6) is 0 Å². The summed E-state index contributed by atoms with van der Waals surface area (Å²) < 4.78 is 1.65. The maximum absolute atomic E-state index is 5.69. The quantitative estimate of drug-likeness (QED) is 0.777. The fourth-order valence-electron chi connectivity index (χ4n) is 1.42. The Morgan fingerprint density at radius 2 is 2.31 bits per heavy atom. The Hall–Kier alpha value is -1.89. The number of aromatic nitrogens is 4. The summed E-state index contributed by atoms with van der Waals surface area (Å²) in [5.41, 5.74) is 6.57. The second kappa shape index (κ2) is 3.60. The molecule has 2 aromatic rings. The smallest absolute Gasteiger partial charge is 0.212 e. The highest BCUT2D eigenvalue weighted by molar-refractivity contribution is 7.99. The van der Waals surface area contributed by atoms with E-state index in [-0.39, 0.29) is 0 Å². The molecule has 3 rings (SSSR count). The predicted molar refractivity (Wildman–Crippen MR) is 61.0 cm³/mol. The Balaban J connectivity index is 2.15. The highest BCUT2D eigenvalue weighted by Crippen LogP contribution is 2.25. The molecule has 16 heavy (non-hydrogen) atoms. The maximum atomic E-state index is 5.69. The summed E-state index contributed by atoms with van der Waals surface area (Å²) in [6.07, 6.45) is 3.44. The van der Waals surface area contributed by atoms with Crippen molar-refractivity contribution in [1.29, 1.82) is 0 Å². The Morgan fingerprint density at radius 3 is 3.12 bits per heavy atom. The molecule has 0 saturated carbocycles. The van der Waals surface area contributed by atoms with E-state index < -0.39 is 0 Å². The van der Waals surface area contributed by atoms with Crippen LogP contribution in [0.25, 0.3) is 11.4 Å². The second-order valence-corrected chi connectivity index (χ2v) is 4.18. The zero-order valence-electron chi connectivity index (χ0n) is 8.24. The van der Waals surface area contributed by atoms with Gasteiger partial charge in [0.2, 0.25) is 5.16 Å². The van der Waals surface area contributed by atoms with E-state index in [0.29, 0.717) is 17.4 Å². The number of hydrogen-bond acceptors (Lipinski definition) is 6. The third-order valence-electron chi connectivity index (χ3n) is 2.11. The SMILES string of the molecule is NC1=Nn2c(nnc2-c2cccnc2)SC1. The first-order valence-electron chi connectivity index (χ1n) is 4.66. The van der Waals surface area contributed by atoms with Crippen molar-refractivity contribution in [2.45, 2.75) is 5.16 Å².